The molecule has 5 nitrogen and oxygen atoms in total. The monoisotopic (exact) mass is 376 g/mol. The maximum Gasteiger partial charge on any atom is 0.256 e. The third-order valence-electron chi connectivity index (χ3n) is 3.19. The van der Waals surface area contributed by atoms with Crippen LogP contribution in [0.15, 0.2) is 46.9 Å². The van der Waals surface area contributed by atoms with Gasteiger partial charge < -0.3 is 15.0 Å². The van der Waals surface area contributed by atoms with E-state index in [9.17, 15) is 9.59 Å². The second kappa shape index (κ2) is 7.28. The Kier molecular flexibility index (Phi) is 5.39. The number of benzene rings is 2. The first-order valence-corrected chi connectivity index (χ1v) is 7.68. The van der Waals surface area contributed by atoms with Crippen LogP contribution in [-0.2, 0) is 0 Å². The van der Waals surface area contributed by atoms with Gasteiger partial charge in [0.15, 0.2) is 0 Å². The zero-order valence-electron chi connectivity index (χ0n) is 13.1. The molecule has 23 heavy (non-hydrogen) atoms. The molecule has 2 aromatic carbocycles. The lowest BCUT2D eigenvalue weighted by atomic mass is 10.1. The van der Waals surface area contributed by atoms with Gasteiger partial charge in [0.05, 0.1) is 12.7 Å². The largest absolute Gasteiger partial charge is 0.497 e. The van der Waals surface area contributed by atoms with Gasteiger partial charge in [-0.05, 0) is 52.3 Å². The highest BCUT2D eigenvalue weighted by Gasteiger charge is 2.13. The van der Waals surface area contributed by atoms with Crippen molar-refractivity contribution in [2.24, 2.45) is 0 Å². The quantitative estimate of drug-likeness (QED) is 0.889. The van der Waals surface area contributed by atoms with Gasteiger partial charge in [-0.25, -0.2) is 0 Å². The van der Waals surface area contributed by atoms with Gasteiger partial charge in [0, 0.05) is 29.8 Å². The van der Waals surface area contributed by atoms with Crippen molar-refractivity contribution in [3.8, 4) is 5.75 Å². The number of anilines is 1. The standard InChI is InChI=1S/C17H17BrN2O3/c1-20(2)17(22)11-5-4-6-12(9-11)19-16(21)14-10-13(23-3)7-8-15(14)18/h4-10H,1-3H3,(H,19,21). The summed E-state index contributed by atoms with van der Waals surface area (Å²) in [6.45, 7) is 0. The van der Waals surface area contributed by atoms with E-state index in [1.807, 2.05) is 0 Å². The van der Waals surface area contributed by atoms with Crippen LogP contribution in [0, 0.1) is 0 Å². The molecule has 0 aliphatic carbocycles. The van der Waals surface area contributed by atoms with Crippen LogP contribution in [0.4, 0.5) is 5.69 Å². The maximum absolute atomic E-state index is 12.4. The Labute approximate surface area is 143 Å². The van der Waals surface area contributed by atoms with Crippen molar-refractivity contribution in [1.82, 2.24) is 4.90 Å². The molecule has 0 radical (unpaired) electrons. The molecule has 0 spiro atoms. The fourth-order valence-electron chi connectivity index (χ4n) is 1.99. The first-order valence-electron chi connectivity index (χ1n) is 6.89. The van der Waals surface area contributed by atoms with E-state index in [1.54, 1.807) is 63.7 Å². The van der Waals surface area contributed by atoms with Crippen molar-refractivity contribution in [3.05, 3.63) is 58.1 Å². The van der Waals surface area contributed by atoms with Crippen LogP contribution in [-0.4, -0.2) is 37.9 Å². The van der Waals surface area contributed by atoms with Gasteiger partial charge in [0.25, 0.3) is 11.8 Å². The molecule has 2 amide bonds. The summed E-state index contributed by atoms with van der Waals surface area (Å²) in [6, 6.07) is 12.0. The first-order chi connectivity index (χ1) is 10.9. The van der Waals surface area contributed by atoms with E-state index in [-0.39, 0.29) is 11.8 Å². The molecule has 0 atom stereocenters. The molecule has 2 aromatic rings. The molecular formula is C17H17BrN2O3. The number of carbonyl (C=O) groups excluding carboxylic acids is 2. The molecule has 0 fully saturated rings. The average Bonchev–Trinajstić information content (AvgIpc) is 2.54. The lowest BCUT2D eigenvalue weighted by Gasteiger charge is -2.12. The minimum absolute atomic E-state index is 0.122. The van der Waals surface area contributed by atoms with Crippen LogP contribution in [0.2, 0.25) is 0 Å². The highest BCUT2D eigenvalue weighted by Crippen LogP contribution is 2.23. The Morgan fingerprint density at radius 2 is 1.87 bits per heavy atom. The number of nitrogens with zero attached hydrogens (tertiary/aromatic N) is 1. The number of carbonyl (C=O) groups is 2. The van der Waals surface area contributed by atoms with E-state index in [2.05, 4.69) is 21.2 Å². The minimum Gasteiger partial charge on any atom is -0.497 e. The van der Waals surface area contributed by atoms with Crippen molar-refractivity contribution >= 4 is 33.4 Å². The molecule has 0 bridgehead atoms. The second-order valence-corrected chi connectivity index (χ2v) is 5.93. The third-order valence-corrected chi connectivity index (χ3v) is 3.88. The topological polar surface area (TPSA) is 58.6 Å². The number of halogens is 1. The van der Waals surface area contributed by atoms with Gasteiger partial charge in [0.2, 0.25) is 0 Å². The Balaban J connectivity index is 2.24. The number of nitrogens with one attached hydrogen (secondary N) is 1. The summed E-state index contributed by atoms with van der Waals surface area (Å²) < 4.78 is 5.80. The molecule has 6 heteroatoms. The molecule has 2 rings (SSSR count). The molecule has 0 saturated heterocycles. The van der Waals surface area contributed by atoms with Crippen LogP contribution < -0.4 is 10.1 Å². The number of methoxy groups -OCH3 is 1. The molecule has 0 aromatic heterocycles. The average molecular weight is 377 g/mol. The number of amides is 2. The summed E-state index contributed by atoms with van der Waals surface area (Å²) >= 11 is 3.35. The normalized spacial score (nSPS) is 10.1. The maximum atomic E-state index is 12.4. The number of hydrogen-bond acceptors (Lipinski definition) is 3. The highest BCUT2D eigenvalue weighted by molar-refractivity contribution is 9.10. The van der Waals surface area contributed by atoms with Crippen molar-refractivity contribution in [2.45, 2.75) is 0 Å². The van der Waals surface area contributed by atoms with E-state index >= 15 is 0 Å². The predicted octanol–water partition coefficient (Wildman–Crippen LogP) is 3.41. The zero-order valence-corrected chi connectivity index (χ0v) is 14.7. The van der Waals surface area contributed by atoms with Gasteiger partial charge in [0.1, 0.15) is 5.75 Å². The van der Waals surface area contributed by atoms with E-state index in [0.29, 0.717) is 27.0 Å². The Morgan fingerprint density at radius 1 is 1.13 bits per heavy atom. The highest BCUT2D eigenvalue weighted by atomic mass is 79.9. The molecule has 0 aliphatic heterocycles. The van der Waals surface area contributed by atoms with E-state index in [4.69, 9.17) is 4.74 Å². The van der Waals surface area contributed by atoms with E-state index in [1.165, 1.54) is 4.90 Å². The Hall–Kier alpha value is -2.34. The third kappa shape index (κ3) is 4.10. The van der Waals surface area contributed by atoms with Gasteiger partial charge >= 0.3 is 0 Å². The van der Waals surface area contributed by atoms with E-state index in [0.717, 1.165) is 0 Å². The molecule has 0 unspecified atom stereocenters. The van der Waals surface area contributed by atoms with E-state index < -0.39 is 0 Å². The Bertz CT molecular complexity index is 744. The van der Waals surface area contributed by atoms with Gasteiger partial charge in [-0.1, -0.05) is 6.07 Å². The zero-order chi connectivity index (χ0) is 17.0. The minimum atomic E-state index is -0.287. The van der Waals surface area contributed by atoms with Crippen LogP contribution in [0.1, 0.15) is 20.7 Å². The second-order valence-electron chi connectivity index (χ2n) is 5.08. The lowest BCUT2D eigenvalue weighted by Crippen LogP contribution is -2.22. The van der Waals surface area contributed by atoms with Gasteiger partial charge in [-0.3, -0.25) is 9.59 Å². The fraction of sp³-hybridized carbons (Fsp3) is 0.176. The predicted molar refractivity (Wildman–Crippen MR) is 93.1 cm³/mol. The van der Waals surface area contributed by atoms with Crippen molar-refractivity contribution in [2.75, 3.05) is 26.5 Å². The summed E-state index contributed by atoms with van der Waals surface area (Å²) in [6.07, 6.45) is 0. The summed E-state index contributed by atoms with van der Waals surface area (Å²) in [7, 11) is 4.91. The number of ether oxygens (including phenoxy) is 1. The fourth-order valence-corrected chi connectivity index (χ4v) is 2.42. The van der Waals surface area contributed by atoms with Crippen molar-refractivity contribution < 1.29 is 14.3 Å². The number of hydrogen-bond donors (Lipinski definition) is 1. The summed E-state index contributed by atoms with van der Waals surface area (Å²) in [4.78, 5) is 25.9. The van der Waals surface area contributed by atoms with Gasteiger partial charge in [-0.2, -0.15) is 0 Å². The SMILES string of the molecule is COc1ccc(Br)c(C(=O)Nc2cccc(C(=O)N(C)C)c2)c1. The van der Waals surface area contributed by atoms with Gasteiger partial charge in [-0.15, -0.1) is 0 Å². The first kappa shape index (κ1) is 17.0. The molecule has 0 saturated carbocycles. The van der Waals surface area contributed by atoms with Crippen LogP contribution >= 0.6 is 15.9 Å². The van der Waals surface area contributed by atoms with Crippen molar-refractivity contribution in [3.63, 3.8) is 0 Å². The molecule has 0 heterocycles. The molecular weight excluding hydrogens is 360 g/mol. The Morgan fingerprint density at radius 3 is 2.52 bits per heavy atom. The molecule has 0 aliphatic rings. The summed E-state index contributed by atoms with van der Waals surface area (Å²) in [5.74, 6) is 0.184. The number of rotatable bonds is 4. The van der Waals surface area contributed by atoms with Crippen LogP contribution in [0.5, 0.6) is 5.75 Å². The summed E-state index contributed by atoms with van der Waals surface area (Å²) in [5, 5.41) is 2.79. The van der Waals surface area contributed by atoms with Crippen LogP contribution in [0.3, 0.4) is 0 Å². The lowest BCUT2D eigenvalue weighted by molar-refractivity contribution is 0.0827. The van der Waals surface area contributed by atoms with Crippen molar-refractivity contribution in [1.29, 1.82) is 0 Å². The smallest absolute Gasteiger partial charge is 0.256 e. The summed E-state index contributed by atoms with van der Waals surface area (Å²) in [5.41, 5.74) is 1.52. The van der Waals surface area contributed by atoms with Crippen LogP contribution in [0.25, 0.3) is 0 Å². The molecule has 120 valence electrons. The molecule has 1 N–H and O–H groups in total.